The van der Waals surface area contributed by atoms with Crippen molar-refractivity contribution in [2.24, 2.45) is 0 Å². The van der Waals surface area contributed by atoms with Crippen LogP contribution in [-0.4, -0.2) is 15.8 Å². The molecule has 7 heteroatoms. The molecule has 0 spiro atoms. The third-order valence-corrected chi connectivity index (χ3v) is 7.98. The van der Waals surface area contributed by atoms with Gasteiger partial charge in [-0.2, -0.15) is 10.5 Å². The number of benzene rings is 3. The van der Waals surface area contributed by atoms with E-state index in [-0.39, 0.29) is 16.9 Å². The van der Waals surface area contributed by atoms with Crippen molar-refractivity contribution in [3.63, 3.8) is 0 Å². The standard InChI is InChI=1S/C36H23N5O2/c1-36(2)30-18-25(17-28-31(22(19-37)20-38)26-15-9-10-16-27(26)32(28)42)43-33(30)29-21-39-35(40-34(29)36)41(23-11-5-3-6-12-23)24-13-7-4-8-14-24/h3-18,21H,1-2H3/b28-17-. The quantitative estimate of drug-likeness (QED) is 0.163. The number of hydrogen-bond donors (Lipinski definition) is 0. The molecule has 3 aromatic carbocycles. The Balaban J connectivity index is 1.33. The minimum Gasteiger partial charge on any atom is -0.456 e. The van der Waals surface area contributed by atoms with Gasteiger partial charge in [0.15, 0.2) is 5.78 Å². The lowest BCUT2D eigenvalue weighted by molar-refractivity contribution is 0.104. The van der Waals surface area contributed by atoms with Crippen LogP contribution in [0.25, 0.3) is 23.0 Å². The van der Waals surface area contributed by atoms with Crippen LogP contribution < -0.4 is 4.90 Å². The van der Waals surface area contributed by atoms with Crippen LogP contribution in [0.15, 0.2) is 113 Å². The summed E-state index contributed by atoms with van der Waals surface area (Å²) in [5, 5.41) is 19.3. The molecule has 43 heavy (non-hydrogen) atoms. The molecule has 0 radical (unpaired) electrons. The lowest BCUT2D eigenvalue weighted by atomic mass is 9.86. The monoisotopic (exact) mass is 557 g/mol. The van der Waals surface area contributed by atoms with Gasteiger partial charge in [0, 0.05) is 45.3 Å². The Labute approximate surface area is 248 Å². The van der Waals surface area contributed by atoms with Crippen molar-refractivity contribution in [2.45, 2.75) is 19.3 Å². The molecule has 0 amide bonds. The number of ketones is 1. The van der Waals surface area contributed by atoms with Crippen LogP contribution in [0.5, 0.6) is 0 Å². The van der Waals surface area contributed by atoms with Crippen molar-refractivity contribution in [1.82, 2.24) is 9.97 Å². The van der Waals surface area contributed by atoms with E-state index in [9.17, 15) is 15.3 Å². The van der Waals surface area contributed by atoms with Crippen molar-refractivity contribution < 1.29 is 9.21 Å². The lowest BCUT2D eigenvalue weighted by Crippen LogP contribution is -2.20. The van der Waals surface area contributed by atoms with Crippen LogP contribution in [0.1, 0.15) is 46.8 Å². The van der Waals surface area contributed by atoms with Crippen LogP contribution in [0.4, 0.5) is 17.3 Å². The first-order valence-corrected chi connectivity index (χ1v) is 13.8. The summed E-state index contributed by atoms with van der Waals surface area (Å²) in [6.45, 7) is 4.17. The fraction of sp³-hybridized carbons (Fsp3) is 0.0833. The summed E-state index contributed by atoms with van der Waals surface area (Å²) in [4.78, 5) is 25.3. The predicted octanol–water partition coefficient (Wildman–Crippen LogP) is 7.93. The first kappa shape index (κ1) is 25.9. The first-order chi connectivity index (χ1) is 20.9. The molecular formula is C36H23N5O2. The van der Waals surface area contributed by atoms with Crippen molar-refractivity contribution in [2.75, 3.05) is 4.90 Å². The molecular weight excluding hydrogens is 534 g/mol. The minimum absolute atomic E-state index is 0.114. The van der Waals surface area contributed by atoms with Gasteiger partial charge >= 0.3 is 0 Å². The Morgan fingerprint density at radius 3 is 2.09 bits per heavy atom. The number of hydrogen-bond acceptors (Lipinski definition) is 7. The number of nitriles is 2. The maximum atomic E-state index is 13.4. The highest BCUT2D eigenvalue weighted by atomic mass is 16.3. The van der Waals surface area contributed by atoms with Crippen molar-refractivity contribution >= 4 is 34.8 Å². The second kappa shape index (κ2) is 9.80. The highest BCUT2D eigenvalue weighted by Crippen LogP contribution is 2.50. The van der Waals surface area contributed by atoms with Gasteiger partial charge in [0.1, 0.15) is 29.2 Å². The van der Waals surface area contributed by atoms with Crippen LogP contribution in [-0.2, 0) is 5.41 Å². The summed E-state index contributed by atoms with van der Waals surface area (Å²) in [5.74, 6) is 1.38. The minimum atomic E-state index is -0.520. The molecule has 0 aliphatic heterocycles. The van der Waals surface area contributed by atoms with E-state index >= 15 is 0 Å². The Morgan fingerprint density at radius 2 is 1.47 bits per heavy atom. The third-order valence-electron chi connectivity index (χ3n) is 7.98. The molecule has 0 saturated carbocycles. The number of para-hydroxylation sites is 2. The first-order valence-electron chi connectivity index (χ1n) is 13.8. The smallest absolute Gasteiger partial charge is 0.234 e. The fourth-order valence-electron chi connectivity index (χ4n) is 5.92. The zero-order chi connectivity index (χ0) is 29.7. The summed E-state index contributed by atoms with van der Waals surface area (Å²) < 4.78 is 6.35. The predicted molar refractivity (Wildman–Crippen MR) is 163 cm³/mol. The van der Waals surface area contributed by atoms with Crippen LogP contribution in [0.2, 0.25) is 0 Å². The van der Waals surface area contributed by atoms with Gasteiger partial charge in [0.05, 0.1) is 11.3 Å². The zero-order valence-corrected chi connectivity index (χ0v) is 23.4. The molecule has 0 N–H and O–H groups in total. The molecule has 0 bridgehead atoms. The Kier molecular flexibility index (Phi) is 5.90. The number of carbonyl (C=O) groups is 1. The van der Waals surface area contributed by atoms with Crippen LogP contribution in [0, 0.1) is 22.7 Å². The molecule has 7 nitrogen and oxygen atoms in total. The van der Waals surface area contributed by atoms with E-state index in [4.69, 9.17) is 14.4 Å². The molecule has 0 unspecified atom stereocenters. The van der Waals surface area contributed by atoms with Crippen LogP contribution in [0.3, 0.4) is 0 Å². The Morgan fingerprint density at radius 1 is 0.860 bits per heavy atom. The summed E-state index contributed by atoms with van der Waals surface area (Å²) in [6.07, 6.45) is 3.41. The number of nitrogens with zero attached hydrogens (tertiary/aromatic N) is 5. The van der Waals surface area contributed by atoms with Gasteiger partial charge in [-0.05, 0) is 55.8 Å². The molecule has 7 rings (SSSR count). The average molecular weight is 558 g/mol. The fourth-order valence-corrected chi connectivity index (χ4v) is 5.92. The molecule has 2 aromatic heterocycles. The van der Waals surface area contributed by atoms with Crippen molar-refractivity contribution in [3.05, 3.63) is 136 Å². The summed E-state index contributed by atoms with van der Waals surface area (Å²) in [5.41, 5.74) is 5.40. The number of rotatable bonds is 4. The van der Waals surface area contributed by atoms with Crippen molar-refractivity contribution in [1.29, 1.82) is 10.5 Å². The van der Waals surface area contributed by atoms with Crippen molar-refractivity contribution in [3.8, 4) is 23.5 Å². The number of aromatic nitrogens is 2. The summed E-state index contributed by atoms with van der Waals surface area (Å²) >= 11 is 0. The second-order valence-corrected chi connectivity index (χ2v) is 10.9. The van der Waals surface area contributed by atoms with E-state index in [2.05, 4.69) is 13.8 Å². The van der Waals surface area contributed by atoms with Gasteiger partial charge in [-0.15, -0.1) is 0 Å². The lowest BCUT2D eigenvalue weighted by Gasteiger charge is -2.25. The van der Waals surface area contributed by atoms with E-state index in [1.54, 1.807) is 36.5 Å². The van der Waals surface area contributed by atoms with E-state index < -0.39 is 5.41 Å². The molecule has 204 valence electrons. The van der Waals surface area contributed by atoms with Gasteiger partial charge in [-0.1, -0.05) is 60.7 Å². The number of Topliss-reactive ketones (excluding diaryl/α,β-unsaturated/α-hetero) is 1. The summed E-state index contributed by atoms with van der Waals surface area (Å²) in [7, 11) is 0. The molecule has 2 aliphatic carbocycles. The second-order valence-electron chi connectivity index (χ2n) is 10.9. The molecule has 0 atom stereocenters. The number of furan rings is 1. The SMILES string of the molecule is CC1(C)c2cc(/C=C3\C(=O)c4ccccc4C3=C(C#N)C#N)oc2-c2cnc(N(c3ccccc3)c3ccccc3)nc21. The Hall–Kier alpha value is -6.05. The normalized spacial score (nSPS) is 14.9. The third kappa shape index (κ3) is 3.99. The van der Waals surface area contributed by atoms with Gasteiger partial charge in [-0.25, -0.2) is 9.97 Å². The van der Waals surface area contributed by atoms with E-state index in [1.165, 1.54) is 0 Å². The van der Waals surface area contributed by atoms with Gasteiger partial charge in [0.2, 0.25) is 5.95 Å². The van der Waals surface area contributed by atoms with Gasteiger partial charge < -0.3 is 4.42 Å². The number of anilines is 3. The van der Waals surface area contributed by atoms with Gasteiger partial charge in [-0.3, -0.25) is 9.69 Å². The van der Waals surface area contributed by atoms with Gasteiger partial charge in [0.25, 0.3) is 0 Å². The molecule has 5 aromatic rings. The summed E-state index contributed by atoms with van der Waals surface area (Å²) in [6, 6.07) is 32.8. The van der Waals surface area contributed by atoms with Crippen LogP contribution >= 0.6 is 0 Å². The topological polar surface area (TPSA) is 107 Å². The maximum Gasteiger partial charge on any atom is 0.234 e. The maximum absolute atomic E-state index is 13.4. The molecule has 0 fully saturated rings. The van der Waals surface area contributed by atoms with E-state index in [0.717, 1.165) is 28.2 Å². The van der Waals surface area contributed by atoms with E-state index in [1.807, 2.05) is 83.8 Å². The van der Waals surface area contributed by atoms with E-state index in [0.29, 0.717) is 34.2 Å². The Bertz CT molecular complexity index is 2040. The largest absolute Gasteiger partial charge is 0.456 e. The molecule has 2 aliphatic rings. The highest BCUT2D eigenvalue weighted by Gasteiger charge is 2.42. The molecule has 0 saturated heterocycles. The average Bonchev–Trinajstić information content (AvgIpc) is 3.65. The zero-order valence-electron chi connectivity index (χ0n) is 23.4. The highest BCUT2D eigenvalue weighted by molar-refractivity contribution is 6.29. The number of carbonyl (C=O) groups excluding carboxylic acids is 1. The molecule has 2 heterocycles. The number of fused-ring (bicyclic) bond motifs is 4. The number of allylic oxidation sites excluding steroid dienone is 3.